The first kappa shape index (κ1) is 8.19. The average molecular weight is 195 g/mol. The zero-order valence-corrected chi connectivity index (χ0v) is 7.73. The van der Waals surface area contributed by atoms with Gasteiger partial charge in [-0.15, -0.1) is 0 Å². The summed E-state index contributed by atoms with van der Waals surface area (Å²) in [6, 6.07) is 1.77. The highest BCUT2D eigenvalue weighted by Gasteiger charge is 2.05. The van der Waals surface area contributed by atoms with Crippen LogP contribution in [0.3, 0.4) is 0 Å². The van der Waals surface area contributed by atoms with E-state index in [9.17, 15) is 0 Å². The van der Waals surface area contributed by atoms with Gasteiger partial charge in [-0.05, 0) is 13.0 Å². The number of hydrogen-bond acceptors (Lipinski definition) is 3. The van der Waals surface area contributed by atoms with E-state index in [-0.39, 0.29) is 0 Å². The van der Waals surface area contributed by atoms with Gasteiger partial charge >= 0.3 is 0 Å². The van der Waals surface area contributed by atoms with E-state index in [1.165, 1.54) is 0 Å². The normalized spacial score (nSPS) is 10.3. The lowest BCUT2D eigenvalue weighted by Gasteiger charge is -1.98. The highest BCUT2D eigenvalue weighted by molar-refractivity contribution is 6.29. The van der Waals surface area contributed by atoms with Gasteiger partial charge in [-0.3, -0.25) is 4.98 Å². The van der Waals surface area contributed by atoms with E-state index in [0.717, 1.165) is 5.69 Å². The Labute approximate surface area is 80.2 Å². The van der Waals surface area contributed by atoms with E-state index in [4.69, 9.17) is 11.6 Å². The molecule has 0 atom stereocenters. The molecule has 0 radical (unpaired) electrons. The van der Waals surface area contributed by atoms with E-state index in [2.05, 4.69) is 15.1 Å². The van der Waals surface area contributed by atoms with Gasteiger partial charge in [-0.1, -0.05) is 11.6 Å². The molecule has 0 spiro atoms. The van der Waals surface area contributed by atoms with Crippen molar-refractivity contribution in [2.75, 3.05) is 0 Å². The third kappa shape index (κ3) is 1.53. The average Bonchev–Trinajstić information content (AvgIpc) is 2.47. The first-order valence-electron chi connectivity index (χ1n) is 3.76. The molecule has 5 heteroatoms. The minimum absolute atomic E-state index is 0.540. The Hall–Kier alpha value is -1.42. The Bertz CT molecular complexity index is 409. The Kier molecular flexibility index (Phi) is 1.98. The molecule has 13 heavy (non-hydrogen) atoms. The fourth-order valence-electron chi connectivity index (χ4n) is 1.03. The molecule has 0 aliphatic rings. The van der Waals surface area contributed by atoms with Crippen LogP contribution in [0.25, 0.3) is 5.82 Å². The van der Waals surface area contributed by atoms with Crippen molar-refractivity contribution in [2.45, 2.75) is 6.92 Å². The molecule has 0 saturated carbocycles. The lowest BCUT2D eigenvalue weighted by molar-refractivity contribution is 0.825. The van der Waals surface area contributed by atoms with Crippen LogP contribution >= 0.6 is 11.6 Å². The second-order valence-corrected chi connectivity index (χ2v) is 2.97. The summed E-state index contributed by atoms with van der Waals surface area (Å²) in [6.45, 7) is 1.87. The highest BCUT2D eigenvalue weighted by Crippen LogP contribution is 2.13. The smallest absolute Gasteiger partial charge is 0.173 e. The van der Waals surface area contributed by atoms with Gasteiger partial charge in [-0.25, -0.2) is 9.67 Å². The predicted molar refractivity (Wildman–Crippen MR) is 48.9 cm³/mol. The van der Waals surface area contributed by atoms with Crippen LogP contribution in [0.2, 0.25) is 5.15 Å². The topological polar surface area (TPSA) is 43.6 Å². The fourth-order valence-corrected chi connectivity index (χ4v) is 1.31. The van der Waals surface area contributed by atoms with Crippen molar-refractivity contribution < 1.29 is 0 Å². The van der Waals surface area contributed by atoms with Gasteiger partial charge in [0.25, 0.3) is 0 Å². The molecule has 2 rings (SSSR count). The Morgan fingerprint density at radius 2 is 2.23 bits per heavy atom. The molecular formula is C8H7ClN4. The third-order valence-corrected chi connectivity index (χ3v) is 1.82. The fraction of sp³-hybridized carbons (Fsp3) is 0.125. The Morgan fingerprint density at radius 3 is 2.77 bits per heavy atom. The van der Waals surface area contributed by atoms with Crippen LogP contribution in [0.1, 0.15) is 5.69 Å². The van der Waals surface area contributed by atoms with E-state index >= 15 is 0 Å². The molecular weight excluding hydrogens is 188 g/mol. The number of nitrogens with zero attached hydrogens (tertiary/aromatic N) is 4. The van der Waals surface area contributed by atoms with Crippen LogP contribution < -0.4 is 0 Å². The molecule has 2 heterocycles. The molecule has 0 saturated heterocycles. The maximum atomic E-state index is 5.91. The van der Waals surface area contributed by atoms with E-state index in [0.29, 0.717) is 11.0 Å². The van der Waals surface area contributed by atoms with Gasteiger partial charge < -0.3 is 0 Å². The summed E-state index contributed by atoms with van der Waals surface area (Å²) in [7, 11) is 0. The van der Waals surface area contributed by atoms with Gasteiger partial charge in [-0.2, -0.15) is 5.10 Å². The molecule has 0 unspecified atom stereocenters. The van der Waals surface area contributed by atoms with Gasteiger partial charge in [0.15, 0.2) is 5.82 Å². The van der Waals surface area contributed by atoms with Crippen LogP contribution in [0.4, 0.5) is 0 Å². The maximum Gasteiger partial charge on any atom is 0.173 e. The van der Waals surface area contributed by atoms with Crippen molar-refractivity contribution >= 4 is 11.6 Å². The number of hydrogen-bond donors (Lipinski definition) is 0. The summed E-state index contributed by atoms with van der Waals surface area (Å²) in [5, 5.41) is 4.70. The molecule has 0 aliphatic carbocycles. The summed E-state index contributed by atoms with van der Waals surface area (Å²) in [5.74, 6) is 0.626. The number of aromatic nitrogens is 4. The van der Waals surface area contributed by atoms with Crippen molar-refractivity contribution in [3.8, 4) is 5.82 Å². The summed E-state index contributed by atoms with van der Waals surface area (Å²) >= 11 is 5.91. The van der Waals surface area contributed by atoms with Gasteiger partial charge in [0.1, 0.15) is 5.15 Å². The molecule has 0 N–H and O–H groups in total. The molecule has 0 fully saturated rings. The van der Waals surface area contributed by atoms with E-state index in [1.807, 2.05) is 6.92 Å². The second kappa shape index (κ2) is 3.14. The first-order valence-corrected chi connectivity index (χ1v) is 4.14. The third-order valence-electron chi connectivity index (χ3n) is 1.55. The molecule has 4 nitrogen and oxygen atoms in total. The molecule has 0 aromatic carbocycles. The van der Waals surface area contributed by atoms with Crippen LogP contribution in [0.5, 0.6) is 0 Å². The summed E-state index contributed by atoms with van der Waals surface area (Å²) in [5.41, 5.74) is 0.857. The number of rotatable bonds is 1. The molecule has 2 aromatic heterocycles. The minimum Gasteiger partial charge on any atom is -0.259 e. The van der Waals surface area contributed by atoms with Crippen molar-refractivity contribution in [3.05, 3.63) is 35.5 Å². The predicted octanol–water partition coefficient (Wildman–Crippen LogP) is 1.62. The number of halogens is 1. The summed E-state index contributed by atoms with van der Waals surface area (Å²) < 4.78 is 1.55. The van der Waals surface area contributed by atoms with Crippen LogP contribution in [0, 0.1) is 6.92 Å². The monoisotopic (exact) mass is 194 g/mol. The summed E-state index contributed by atoms with van der Waals surface area (Å²) in [6.07, 6.45) is 4.81. The lowest BCUT2D eigenvalue weighted by Crippen LogP contribution is -1.99. The molecule has 0 amide bonds. The zero-order chi connectivity index (χ0) is 9.26. The minimum atomic E-state index is 0.540. The SMILES string of the molecule is Cc1cc(Cl)n(-c2cnccn2)n1. The standard InChI is InChI=1S/C8H7ClN4/c1-6-4-7(9)13(12-6)8-5-10-2-3-11-8/h2-5H,1H3. The molecule has 66 valence electrons. The first-order chi connectivity index (χ1) is 6.27. The summed E-state index contributed by atoms with van der Waals surface area (Å²) in [4.78, 5) is 8.01. The van der Waals surface area contributed by atoms with Gasteiger partial charge in [0.2, 0.25) is 0 Å². The van der Waals surface area contributed by atoms with Gasteiger partial charge in [0, 0.05) is 12.4 Å². The zero-order valence-electron chi connectivity index (χ0n) is 6.98. The Morgan fingerprint density at radius 1 is 1.38 bits per heavy atom. The largest absolute Gasteiger partial charge is 0.259 e. The van der Waals surface area contributed by atoms with Crippen molar-refractivity contribution in [1.82, 2.24) is 19.7 Å². The Balaban J connectivity index is 2.53. The van der Waals surface area contributed by atoms with Gasteiger partial charge in [0.05, 0.1) is 11.9 Å². The van der Waals surface area contributed by atoms with Crippen LogP contribution in [-0.4, -0.2) is 19.7 Å². The van der Waals surface area contributed by atoms with E-state index < -0.39 is 0 Å². The highest BCUT2D eigenvalue weighted by atomic mass is 35.5. The molecule has 0 bridgehead atoms. The molecule has 0 aliphatic heterocycles. The molecule has 2 aromatic rings. The quantitative estimate of drug-likeness (QED) is 0.693. The maximum absolute atomic E-state index is 5.91. The van der Waals surface area contributed by atoms with Crippen molar-refractivity contribution in [1.29, 1.82) is 0 Å². The number of aryl methyl sites for hydroxylation is 1. The van der Waals surface area contributed by atoms with Crippen LogP contribution in [0.15, 0.2) is 24.7 Å². The lowest BCUT2D eigenvalue weighted by atomic mass is 10.5. The van der Waals surface area contributed by atoms with Crippen molar-refractivity contribution in [2.24, 2.45) is 0 Å². The second-order valence-electron chi connectivity index (χ2n) is 2.58. The van der Waals surface area contributed by atoms with Crippen LogP contribution in [-0.2, 0) is 0 Å². The van der Waals surface area contributed by atoms with E-state index in [1.54, 1.807) is 29.3 Å². The van der Waals surface area contributed by atoms with Crippen molar-refractivity contribution in [3.63, 3.8) is 0 Å².